The lowest BCUT2D eigenvalue weighted by molar-refractivity contribution is 0.0730. The van der Waals surface area contributed by atoms with Crippen LogP contribution in [-0.4, -0.2) is 26.3 Å². The summed E-state index contributed by atoms with van der Waals surface area (Å²) in [6, 6.07) is 19.6. The van der Waals surface area contributed by atoms with E-state index in [1.165, 1.54) is 0 Å². The molecule has 0 spiro atoms. The van der Waals surface area contributed by atoms with Crippen LogP contribution in [0.25, 0.3) is 0 Å². The lowest BCUT2D eigenvalue weighted by Crippen LogP contribution is -2.21. The zero-order valence-electron chi connectivity index (χ0n) is 21.8. The Hall–Kier alpha value is -4.64. The minimum atomic E-state index is -0.565. The fourth-order valence-corrected chi connectivity index (χ4v) is 4.16. The highest BCUT2D eigenvalue weighted by atomic mass is 16.5. The van der Waals surface area contributed by atoms with E-state index >= 15 is 0 Å². The first kappa shape index (κ1) is 26.4. The van der Waals surface area contributed by atoms with Crippen LogP contribution in [0.2, 0.25) is 0 Å². The molecule has 0 bridgehead atoms. The molecule has 0 saturated heterocycles. The van der Waals surface area contributed by atoms with Crippen LogP contribution in [0, 0.1) is 17.2 Å². The molecular formula is C30H30N2O6. The van der Waals surface area contributed by atoms with Gasteiger partial charge in [-0.05, 0) is 48.7 Å². The van der Waals surface area contributed by atoms with Crippen molar-refractivity contribution in [2.45, 2.75) is 26.7 Å². The minimum absolute atomic E-state index is 0.0192. The van der Waals surface area contributed by atoms with Crippen molar-refractivity contribution >= 4 is 5.97 Å². The Labute approximate surface area is 222 Å². The van der Waals surface area contributed by atoms with Gasteiger partial charge >= 0.3 is 5.97 Å². The van der Waals surface area contributed by atoms with Gasteiger partial charge in [0.1, 0.15) is 34.5 Å². The number of carbonyl (C=O) groups is 1. The van der Waals surface area contributed by atoms with Gasteiger partial charge in [-0.3, -0.25) is 0 Å². The van der Waals surface area contributed by atoms with E-state index in [1.54, 1.807) is 49.6 Å². The Morgan fingerprint density at radius 3 is 2.55 bits per heavy atom. The number of hydrogen-bond donors (Lipinski definition) is 1. The Morgan fingerprint density at radius 2 is 1.84 bits per heavy atom. The van der Waals surface area contributed by atoms with E-state index in [9.17, 15) is 10.1 Å². The van der Waals surface area contributed by atoms with Crippen molar-refractivity contribution in [1.29, 1.82) is 5.26 Å². The van der Waals surface area contributed by atoms with Gasteiger partial charge < -0.3 is 29.4 Å². The van der Waals surface area contributed by atoms with Crippen LogP contribution in [0.5, 0.6) is 28.7 Å². The molecule has 0 aliphatic carbocycles. The number of allylic oxidation sites excluding steroid dienone is 1. The Balaban J connectivity index is 1.67. The lowest BCUT2D eigenvalue weighted by Gasteiger charge is -2.27. The van der Waals surface area contributed by atoms with Gasteiger partial charge in [0.15, 0.2) is 11.5 Å². The Kier molecular flexibility index (Phi) is 8.07. The molecule has 0 saturated carbocycles. The molecule has 1 unspecified atom stereocenters. The summed E-state index contributed by atoms with van der Waals surface area (Å²) in [7, 11) is 1.57. The third-order valence-electron chi connectivity index (χ3n) is 5.90. The second-order valence-corrected chi connectivity index (χ2v) is 9.06. The number of esters is 1. The first-order valence-corrected chi connectivity index (χ1v) is 12.3. The van der Waals surface area contributed by atoms with Crippen LogP contribution < -0.4 is 29.4 Å². The minimum Gasteiger partial charge on any atom is -0.493 e. The smallest absolute Gasteiger partial charge is 0.347 e. The summed E-state index contributed by atoms with van der Waals surface area (Å²) in [6.07, 6.45) is 0. The fraction of sp³-hybridized carbons (Fsp3) is 0.267. The van der Waals surface area contributed by atoms with Gasteiger partial charge in [0.25, 0.3) is 0 Å². The zero-order chi connectivity index (χ0) is 27.2. The van der Waals surface area contributed by atoms with Gasteiger partial charge in [0.05, 0.1) is 26.2 Å². The lowest BCUT2D eigenvalue weighted by atomic mass is 9.83. The molecule has 1 heterocycles. The molecular weight excluding hydrogens is 484 g/mol. The number of fused-ring (bicyclic) bond motifs is 1. The molecule has 1 atom stereocenters. The number of carbonyl (C=O) groups excluding carboxylic acids is 1. The first-order valence-electron chi connectivity index (χ1n) is 12.3. The average molecular weight is 515 g/mol. The van der Waals surface area contributed by atoms with Crippen molar-refractivity contribution in [2.75, 3.05) is 20.3 Å². The third kappa shape index (κ3) is 5.52. The number of benzene rings is 3. The van der Waals surface area contributed by atoms with Crippen molar-refractivity contribution in [2.24, 2.45) is 11.7 Å². The molecule has 8 heteroatoms. The Bertz CT molecular complexity index is 1410. The summed E-state index contributed by atoms with van der Waals surface area (Å²) in [6.45, 7) is 6.93. The van der Waals surface area contributed by atoms with Crippen molar-refractivity contribution in [3.05, 3.63) is 88.8 Å². The van der Waals surface area contributed by atoms with Gasteiger partial charge in [-0.1, -0.05) is 38.1 Å². The van der Waals surface area contributed by atoms with Crippen molar-refractivity contribution in [3.63, 3.8) is 0 Å². The van der Waals surface area contributed by atoms with E-state index in [-0.39, 0.29) is 17.2 Å². The van der Waals surface area contributed by atoms with E-state index in [2.05, 4.69) is 19.9 Å². The normalized spacial score (nSPS) is 14.3. The summed E-state index contributed by atoms with van der Waals surface area (Å²) in [4.78, 5) is 12.9. The van der Waals surface area contributed by atoms with Crippen LogP contribution in [0.1, 0.15) is 48.2 Å². The van der Waals surface area contributed by atoms with E-state index in [4.69, 9.17) is 29.4 Å². The van der Waals surface area contributed by atoms with Gasteiger partial charge in [-0.15, -0.1) is 0 Å². The summed E-state index contributed by atoms with van der Waals surface area (Å²) >= 11 is 0. The number of para-hydroxylation sites is 1. The molecule has 0 amide bonds. The fourth-order valence-electron chi connectivity index (χ4n) is 4.16. The quantitative estimate of drug-likeness (QED) is 0.291. The van der Waals surface area contributed by atoms with E-state index in [1.807, 2.05) is 25.1 Å². The SMILES string of the molecule is CCOc1ccccc1C(=O)Oc1ccc2c(c1)OC(N)=C(C#N)C2c1ccc(OCC(C)C)c(OC)c1. The maximum absolute atomic E-state index is 12.9. The van der Waals surface area contributed by atoms with Crippen molar-refractivity contribution < 1.29 is 28.5 Å². The highest BCUT2D eigenvalue weighted by Crippen LogP contribution is 2.45. The summed E-state index contributed by atoms with van der Waals surface area (Å²) in [5.41, 5.74) is 8.22. The number of methoxy groups -OCH3 is 1. The molecule has 3 aromatic rings. The van der Waals surface area contributed by atoms with Gasteiger partial charge in [0, 0.05) is 11.6 Å². The highest BCUT2D eigenvalue weighted by Gasteiger charge is 2.32. The molecule has 38 heavy (non-hydrogen) atoms. The Morgan fingerprint density at radius 1 is 1.05 bits per heavy atom. The van der Waals surface area contributed by atoms with Crippen LogP contribution in [0.3, 0.4) is 0 Å². The third-order valence-corrected chi connectivity index (χ3v) is 5.90. The van der Waals surface area contributed by atoms with Crippen LogP contribution >= 0.6 is 0 Å². The number of nitrogens with zero attached hydrogens (tertiary/aromatic N) is 1. The largest absolute Gasteiger partial charge is 0.493 e. The maximum atomic E-state index is 12.9. The monoisotopic (exact) mass is 514 g/mol. The number of nitriles is 1. The van der Waals surface area contributed by atoms with Crippen LogP contribution in [0.15, 0.2) is 72.1 Å². The molecule has 0 radical (unpaired) electrons. The number of nitrogens with two attached hydrogens (primary N) is 1. The van der Waals surface area contributed by atoms with E-state index < -0.39 is 11.9 Å². The van der Waals surface area contributed by atoms with Crippen LogP contribution in [0.4, 0.5) is 0 Å². The van der Waals surface area contributed by atoms with Crippen molar-refractivity contribution in [1.82, 2.24) is 0 Å². The zero-order valence-corrected chi connectivity index (χ0v) is 21.8. The second kappa shape index (κ2) is 11.6. The molecule has 3 aromatic carbocycles. The molecule has 0 aromatic heterocycles. The summed E-state index contributed by atoms with van der Waals surface area (Å²) in [5, 5.41) is 9.91. The van der Waals surface area contributed by atoms with Crippen LogP contribution in [-0.2, 0) is 0 Å². The molecule has 0 fully saturated rings. The number of rotatable bonds is 9. The standard InChI is InChI=1S/C30H30N2O6/c1-5-35-24-9-7-6-8-22(24)30(33)37-20-11-12-21-26(15-20)38-29(32)23(16-31)28(21)19-10-13-25(27(14-19)34-4)36-17-18(2)3/h6-15,18,28H,5,17,32H2,1-4H3. The van der Waals surface area contributed by atoms with Gasteiger partial charge in [-0.2, -0.15) is 5.26 Å². The summed E-state index contributed by atoms with van der Waals surface area (Å²) < 4.78 is 28.4. The predicted octanol–water partition coefficient (Wildman–Crippen LogP) is 5.57. The molecule has 4 rings (SSSR count). The van der Waals surface area contributed by atoms with E-state index in [0.717, 1.165) is 5.56 Å². The molecule has 1 aliphatic rings. The molecule has 196 valence electrons. The topological polar surface area (TPSA) is 113 Å². The van der Waals surface area contributed by atoms with E-state index in [0.29, 0.717) is 53.3 Å². The second-order valence-electron chi connectivity index (χ2n) is 9.06. The molecule has 2 N–H and O–H groups in total. The molecule has 1 aliphatic heterocycles. The number of ether oxygens (including phenoxy) is 5. The average Bonchev–Trinajstić information content (AvgIpc) is 2.91. The predicted molar refractivity (Wildman–Crippen MR) is 142 cm³/mol. The van der Waals surface area contributed by atoms with Gasteiger partial charge in [-0.25, -0.2) is 4.79 Å². The summed E-state index contributed by atoms with van der Waals surface area (Å²) in [5.74, 6) is 1.50. The first-order chi connectivity index (χ1) is 18.4. The van der Waals surface area contributed by atoms with Gasteiger partial charge in [0.2, 0.25) is 5.88 Å². The number of hydrogen-bond acceptors (Lipinski definition) is 8. The van der Waals surface area contributed by atoms with Crippen molar-refractivity contribution in [3.8, 4) is 34.8 Å². The maximum Gasteiger partial charge on any atom is 0.347 e. The highest BCUT2D eigenvalue weighted by molar-refractivity contribution is 5.94. The molecule has 8 nitrogen and oxygen atoms in total.